The number of hydrogen-bond donors (Lipinski definition) is 0. The quantitative estimate of drug-likeness (QED) is 0.481. The van der Waals surface area contributed by atoms with E-state index in [-0.39, 0.29) is 0 Å². The van der Waals surface area contributed by atoms with Crippen LogP contribution in [0.3, 0.4) is 0 Å². The third-order valence-corrected chi connectivity index (χ3v) is 5.93. The van der Waals surface area contributed by atoms with Crippen molar-refractivity contribution in [1.82, 2.24) is 9.97 Å². The molecule has 3 rings (SSSR count). The summed E-state index contributed by atoms with van der Waals surface area (Å²) >= 11 is 0. The predicted molar refractivity (Wildman–Crippen MR) is 110 cm³/mol. The lowest BCUT2D eigenvalue weighted by atomic mass is 9.79. The molecule has 0 N–H and O–H groups in total. The van der Waals surface area contributed by atoms with Crippen LogP contribution in [0.5, 0.6) is 0 Å². The monoisotopic (exact) mass is 350 g/mol. The highest BCUT2D eigenvalue weighted by molar-refractivity contribution is 5.61. The van der Waals surface area contributed by atoms with Crippen molar-refractivity contribution in [2.75, 3.05) is 0 Å². The van der Waals surface area contributed by atoms with Gasteiger partial charge in [-0.2, -0.15) is 0 Å². The predicted octanol–water partition coefficient (Wildman–Crippen LogP) is 6.95. The number of nitrogens with zero attached hydrogens (tertiary/aromatic N) is 2. The molecule has 0 saturated heterocycles. The number of aryl methyl sites for hydroxylation is 1. The van der Waals surface area contributed by atoms with Crippen LogP contribution in [0.15, 0.2) is 36.7 Å². The molecule has 0 amide bonds. The molecule has 1 aromatic heterocycles. The lowest BCUT2D eigenvalue weighted by Crippen LogP contribution is -2.15. The van der Waals surface area contributed by atoms with Gasteiger partial charge in [0, 0.05) is 23.9 Å². The Morgan fingerprint density at radius 1 is 0.808 bits per heavy atom. The SMILES string of the molecule is CCCCCC1CCC(c2ncc(-c3ccc(CCC)cc3)cn2)CC1. The Bertz CT molecular complexity index is 637. The second-order valence-corrected chi connectivity index (χ2v) is 7.99. The molecule has 140 valence electrons. The zero-order chi connectivity index (χ0) is 18.2. The van der Waals surface area contributed by atoms with Gasteiger partial charge in [0.25, 0.3) is 0 Å². The number of aromatic nitrogens is 2. The van der Waals surface area contributed by atoms with Gasteiger partial charge in [0.1, 0.15) is 5.82 Å². The fourth-order valence-corrected chi connectivity index (χ4v) is 4.24. The van der Waals surface area contributed by atoms with Crippen molar-refractivity contribution in [3.8, 4) is 11.1 Å². The smallest absolute Gasteiger partial charge is 0.131 e. The number of rotatable bonds is 8. The van der Waals surface area contributed by atoms with Crippen LogP contribution >= 0.6 is 0 Å². The van der Waals surface area contributed by atoms with Gasteiger partial charge in [-0.05, 0) is 49.1 Å². The summed E-state index contributed by atoms with van der Waals surface area (Å²) < 4.78 is 0. The maximum absolute atomic E-state index is 4.73. The molecule has 1 aliphatic carbocycles. The highest BCUT2D eigenvalue weighted by Gasteiger charge is 2.23. The van der Waals surface area contributed by atoms with Crippen molar-refractivity contribution >= 4 is 0 Å². The first-order valence-corrected chi connectivity index (χ1v) is 10.7. The molecule has 0 spiro atoms. The molecule has 1 aromatic carbocycles. The molecule has 1 saturated carbocycles. The third kappa shape index (κ3) is 5.16. The summed E-state index contributed by atoms with van der Waals surface area (Å²) in [5.74, 6) is 2.57. The van der Waals surface area contributed by atoms with E-state index in [1.165, 1.54) is 68.9 Å². The minimum absolute atomic E-state index is 0.568. The Morgan fingerprint density at radius 2 is 1.50 bits per heavy atom. The van der Waals surface area contributed by atoms with Crippen LogP contribution in [0.2, 0.25) is 0 Å². The van der Waals surface area contributed by atoms with Gasteiger partial charge in [-0.1, -0.05) is 70.2 Å². The Kier molecular flexibility index (Phi) is 7.22. The van der Waals surface area contributed by atoms with E-state index >= 15 is 0 Å². The van der Waals surface area contributed by atoms with Gasteiger partial charge in [-0.3, -0.25) is 0 Å². The van der Waals surface area contributed by atoms with E-state index in [0.29, 0.717) is 5.92 Å². The second-order valence-electron chi connectivity index (χ2n) is 7.99. The van der Waals surface area contributed by atoms with Gasteiger partial charge in [-0.15, -0.1) is 0 Å². The summed E-state index contributed by atoms with van der Waals surface area (Å²) in [4.78, 5) is 9.45. The van der Waals surface area contributed by atoms with E-state index in [4.69, 9.17) is 9.97 Å². The van der Waals surface area contributed by atoms with Crippen molar-refractivity contribution in [2.45, 2.75) is 84.0 Å². The van der Waals surface area contributed by atoms with Crippen LogP contribution in [-0.2, 0) is 6.42 Å². The maximum atomic E-state index is 4.73. The first-order chi connectivity index (χ1) is 12.8. The van der Waals surface area contributed by atoms with E-state index in [9.17, 15) is 0 Å². The van der Waals surface area contributed by atoms with Crippen molar-refractivity contribution in [1.29, 1.82) is 0 Å². The number of benzene rings is 1. The molecule has 2 aromatic rings. The van der Waals surface area contributed by atoms with Gasteiger partial charge in [-0.25, -0.2) is 9.97 Å². The highest BCUT2D eigenvalue weighted by atomic mass is 14.9. The molecule has 1 heterocycles. The van der Waals surface area contributed by atoms with Gasteiger partial charge in [0.05, 0.1) is 0 Å². The van der Waals surface area contributed by atoms with Gasteiger partial charge in [0.15, 0.2) is 0 Å². The van der Waals surface area contributed by atoms with E-state index in [0.717, 1.165) is 23.7 Å². The van der Waals surface area contributed by atoms with Gasteiger partial charge < -0.3 is 0 Å². The second kappa shape index (κ2) is 9.85. The first kappa shape index (κ1) is 19.1. The fourth-order valence-electron chi connectivity index (χ4n) is 4.24. The van der Waals surface area contributed by atoms with Crippen LogP contribution in [0.25, 0.3) is 11.1 Å². The van der Waals surface area contributed by atoms with Crippen molar-refractivity contribution < 1.29 is 0 Å². The van der Waals surface area contributed by atoms with Crippen LogP contribution in [-0.4, -0.2) is 9.97 Å². The first-order valence-electron chi connectivity index (χ1n) is 10.7. The number of hydrogen-bond acceptors (Lipinski definition) is 2. The van der Waals surface area contributed by atoms with Gasteiger partial charge in [0.2, 0.25) is 0 Å². The lowest BCUT2D eigenvalue weighted by Gasteiger charge is -2.27. The van der Waals surface area contributed by atoms with Crippen molar-refractivity contribution in [3.63, 3.8) is 0 Å². The third-order valence-electron chi connectivity index (χ3n) is 5.93. The zero-order valence-electron chi connectivity index (χ0n) is 16.6. The average Bonchev–Trinajstić information content (AvgIpc) is 2.70. The summed E-state index contributed by atoms with van der Waals surface area (Å²) in [7, 11) is 0. The molecule has 2 nitrogen and oxygen atoms in total. The minimum Gasteiger partial charge on any atom is -0.240 e. The Labute approximate surface area is 159 Å². The molecule has 0 aliphatic heterocycles. The van der Waals surface area contributed by atoms with E-state index in [1.54, 1.807) is 0 Å². The summed E-state index contributed by atoms with van der Waals surface area (Å²) in [6, 6.07) is 8.86. The number of unbranched alkanes of at least 4 members (excludes halogenated alkanes) is 2. The molecule has 0 radical (unpaired) electrons. The molecule has 0 unspecified atom stereocenters. The zero-order valence-corrected chi connectivity index (χ0v) is 16.6. The standard InChI is InChI=1S/C24H34N2/c1-3-5-6-8-20-11-15-22(16-12-20)24-25-17-23(18-26-24)21-13-9-19(7-4-2)10-14-21/h9-10,13-14,17-18,20,22H,3-8,11-12,15-16H2,1-2H3. The molecule has 0 bridgehead atoms. The maximum Gasteiger partial charge on any atom is 0.131 e. The van der Waals surface area contributed by atoms with Crippen LogP contribution < -0.4 is 0 Å². The Hall–Kier alpha value is -1.70. The van der Waals surface area contributed by atoms with E-state index in [1.807, 2.05) is 12.4 Å². The van der Waals surface area contributed by atoms with Crippen LogP contribution in [0.4, 0.5) is 0 Å². The lowest BCUT2D eigenvalue weighted by molar-refractivity contribution is 0.297. The molecule has 26 heavy (non-hydrogen) atoms. The average molecular weight is 351 g/mol. The molecular weight excluding hydrogens is 316 g/mol. The largest absolute Gasteiger partial charge is 0.240 e. The molecular formula is C24H34N2. The Morgan fingerprint density at radius 3 is 2.12 bits per heavy atom. The van der Waals surface area contributed by atoms with Crippen molar-refractivity contribution in [3.05, 3.63) is 48.0 Å². The fraction of sp³-hybridized carbons (Fsp3) is 0.583. The van der Waals surface area contributed by atoms with E-state index in [2.05, 4.69) is 38.1 Å². The Balaban J connectivity index is 1.55. The summed E-state index contributed by atoms with van der Waals surface area (Å²) in [5, 5.41) is 0. The summed E-state index contributed by atoms with van der Waals surface area (Å²) in [6.45, 7) is 4.51. The highest BCUT2D eigenvalue weighted by Crippen LogP contribution is 2.36. The topological polar surface area (TPSA) is 25.8 Å². The summed E-state index contributed by atoms with van der Waals surface area (Å²) in [5.41, 5.74) is 3.76. The van der Waals surface area contributed by atoms with Gasteiger partial charge >= 0.3 is 0 Å². The molecule has 0 atom stereocenters. The van der Waals surface area contributed by atoms with E-state index < -0.39 is 0 Å². The van der Waals surface area contributed by atoms with Crippen LogP contribution in [0.1, 0.15) is 88.9 Å². The summed E-state index contributed by atoms with van der Waals surface area (Å²) in [6.07, 6.45) is 17.2. The van der Waals surface area contributed by atoms with Crippen molar-refractivity contribution in [2.24, 2.45) is 5.92 Å². The minimum atomic E-state index is 0.568. The molecule has 1 aliphatic rings. The molecule has 2 heteroatoms. The van der Waals surface area contributed by atoms with Crippen LogP contribution in [0, 0.1) is 5.92 Å². The molecule has 1 fully saturated rings. The normalized spacial score (nSPS) is 20.2.